The number of nitrogens with zero attached hydrogens (tertiary/aromatic N) is 3. The van der Waals surface area contributed by atoms with E-state index in [1.165, 1.54) is 6.21 Å². The number of benzene rings is 1. The Labute approximate surface area is 166 Å². The van der Waals surface area contributed by atoms with Crippen molar-refractivity contribution in [3.63, 3.8) is 0 Å². The number of halogens is 2. The smallest absolute Gasteiger partial charge is 0.274 e. The highest BCUT2D eigenvalue weighted by atomic mass is 35.5. The highest BCUT2D eigenvalue weighted by molar-refractivity contribution is 6.32. The average molecular weight is 405 g/mol. The standard InChI is InChI=1S/C19H18Cl2N4O2/c1-11-8-15(13(3)27-11)19(26)23-22-9-16-12(2)24-25(18(16)21)10-14-6-4-5-7-17(14)20/h4-9H,10H2,1-3H3,(H,23,26)/b22-9-. The van der Waals surface area contributed by atoms with Crippen molar-refractivity contribution in [1.82, 2.24) is 15.2 Å². The molecule has 1 aromatic carbocycles. The molecule has 0 aliphatic heterocycles. The first-order valence-corrected chi connectivity index (χ1v) is 8.99. The Kier molecular flexibility index (Phi) is 5.68. The van der Waals surface area contributed by atoms with Gasteiger partial charge >= 0.3 is 0 Å². The number of nitrogens with one attached hydrogen (secondary N) is 1. The van der Waals surface area contributed by atoms with E-state index in [1.807, 2.05) is 31.2 Å². The van der Waals surface area contributed by atoms with Gasteiger partial charge in [-0.1, -0.05) is 41.4 Å². The van der Waals surface area contributed by atoms with Crippen molar-refractivity contribution in [3.8, 4) is 0 Å². The zero-order valence-electron chi connectivity index (χ0n) is 15.1. The van der Waals surface area contributed by atoms with Gasteiger partial charge in [-0.2, -0.15) is 10.2 Å². The molecule has 0 saturated heterocycles. The number of aryl methyl sites for hydroxylation is 3. The maximum atomic E-state index is 12.2. The molecule has 2 aromatic heterocycles. The Morgan fingerprint density at radius 2 is 2.04 bits per heavy atom. The third-order valence-corrected chi connectivity index (χ3v) is 4.80. The van der Waals surface area contributed by atoms with Gasteiger partial charge in [-0.3, -0.25) is 4.79 Å². The maximum absolute atomic E-state index is 12.2. The van der Waals surface area contributed by atoms with Crippen LogP contribution in [0.2, 0.25) is 10.2 Å². The molecular formula is C19H18Cl2N4O2. The molecule has 0 radical (unpaired) electrons. The molecule has 2 heterocycles. The highest BCUT2D eigenvalue weighted by Crippen LogP contribution is 2.22. The number of furan rings is 1. The van der Waals surface area contributed by atoms with E-state index in [1.54, 1.807) is 24.6 Å². The van der Waals surface area contributed by atoms with E-state index in [4.69, 9.17) is 27.6 Å². The second-order valence-electron chi connectivity index (χ2n) is 6.06. The molecule has 1 N–H and O–H groups in total. The monoisotopic (exact) mass is 404 g/mol. The van der Waals surface area contributed by atoms with Crippen molar-refractivity contribution in [3.05, 3.63) is 74.4 Å². The molecule has 0 aliphatic carbocycles. The van der Waals surface area contributed by atoms with Crippen molar-refractivity contribution < 1.29 is 9.21 Å². The number of carbonyl (C=O) groups excluding carboxylic acids is 1. The summed E-state index contributed by atoms with van der Waals surface area (Å²) >= 11 is 12.6. The molecular weight excluding hydrogens is 387 g/mol. The van der Waals surface area contributed by atoms with Gasteiger partial charge in [0.05, 0.1) is 29.6 Å². The maximum Gasteiger partial charge on any atom is 0.274 e. The minimum atomic E-state index is -0.349. The summed E-state index contributed by atoms with van der Waals surface area (Å²) in [6.07, 6.45) is 1.48. The van der Waals surface area contributed by atoms with E-state index in [-0.39, 0.29) is 5.91 Å². The number of hydrogen-bond donors (Lipinski definition) is 1. The van der Waals surface area contributed by atoms with Crippen molar-refractivity contribution in [2.75, 3.05) is 0 Å². The van der Waals surface area contributed by atoms with Gasteiger partial charge in [0.15, 0.2) is 0 Å². The molecule has 8 heteroatoms. The topological polar surface area (TPSA) is 72.4 Å². The van der Waals surface area contributed by atoms with Crippen molar-refractivity contribution in [2.45, 2.75) is 27.3 Å². The third kappa shape index (κ3) is 4.23. The van der Waals surface area contributed by atoms with Crippen molar-refractivity contribution in [2.24, 2.45) is 5.10 Å². The Morgan fingerprint density at radius 3 is 2.70 bits per heavy atom. The minimum Gasteiger partial charge on any atom is -0.466 e. The molecule has 0 aliphatic rings. The largest absolute Gasteiger partial charge is 0.466 e. The fourth-order valence-electron chi connectivity index (χ4n) is 2.68. The van der Waals surface area contributed by atoms with Gasteiger partial charge < -0.3 is 4.42 Å². The summed E-state index contributed by atoms with van der Waals surface area (Å²) in [7, 11) is 0. The molecule has 0 spiro atoms. The van der Waals surface area contributed by atoms with Crippen LogP contribution in [-0.2, 0) is 6.54 Å². The van der Waals surface area contributed by atoms with Crippen molar-refractivity contribution >= 4 is 35.3 Å². The first-order chi connectivity index (χ1) is 12.9. The average Bonchev–Trinajstić information content (AvgIpc) is 3.09. The van der Waals surface area contributed by atoms with Gasteiger partial charge in [0, 0.05) is 5.02 Å². The Balaban J connectivity index is 1.75. The van der Waals surface area contributed by atoms with Crippen LogP contribution in [-0.4, -0.2) is 21.9 Å². The number of aromatic nitrogens is 2. The lowest BCUT2D eigenvalue weighted by Gasteiger charge is -2.05. The van der Waals surface area contributed by atoms with Crippen LogP contribution in [0, 0.1) is 20.8 Å². The van der Waals surface area contributed by atoms with E-state index < -0.39 is 0 Å². The zero-order valence-corrected chi connectivity index (χ0v) is 16.6. The fraction of sp³-hybridized carbons (Fsp3) is 0.211. The second-order valence-corrected chi connectivity index (χ2v) is 6.83. The van der Waals surface area contributed by atoms with E-state index >= 15 is 0 Å². The predicted molar refractivity (Wildman–Crippen MR) is 106 cm³/mol. The fourth-order valence-corrected chi connectivity index (χ4v) is 3.16. The van der Waals surface area contributed by atoms with E-state index in [0.717, 1.165) is 5.56 Å². The Morgan fingerprint density at radius 1 is 1.30 bits per heavy atom. The molecule has 0 bridgehead atoms. The summed E-state index contributed by atoms with van der Waals surface area (Å²) in [6, 6.07) is 9.17. The number of carbonyl (C=O) groups is 1. The molecule has 6 nitrogen and oxygen atoms in total. The van der Waals surface area contributed by atoms with E-state index in [9.17, 15) is 4.79 Å². The molecule has 3 rings (SSSR count). The molecule has 1 amide bonds. The van der Waals surface area contributed by atoms with Crippen LogP contribution in [0.25, 0.3) is 0 Å². The number of hydrazone groups is 1. The molecule has 0 unspecified atom stereocenters. The lowest BCUT2D eigenvalue weighted by Crippen LogP contribution is -2.17. The SMILES string of the molecule is Cc1cc(C(=O)N/N=C\c2c(C)nn(Cc3ccccc3Cl)c2Cl)c(C)o1. The number of amides is 1. The molecule has 0 atom stereocenters. The zero-order chi connectivity index (χ0) is 19.6. The summed E-state index contributed by atoms with van der Waals surface area (Å²) in [6.45, 7) is 5.77. The van der Waals surface area contributed by atoms with E-state index in [2.05, 4.69) is 15.6 Å². The summed E-state index contributed by atoms with van der Waals surface area (Å²) in [5, 5.41) is 9.49. The predicted octanol–water partition coefficient (Wildman–Crippen LogP) is 4.52. The Hall–Kier alpha value is -2.57. The molecule has 3 aromatic rings. The molecule has 0 fully saturated rings. The van der Waals surface area contributed by atoms with E-state index in [0.29, 0.717) is 45.1 Å². The summed E-state index contributed by atoms with van der Waals surface area (Å²) < 4.78 is 6.99. The first-order valence-electron chi connectivity index (χ1n) is 8.23. The molecule has 27 heavy (non-hydrogen) atoms. The van der Waals surface area contributed by atoms with Gasteiger partial charge in [-0.05, 0) is 38.5 Å². The van der Waals surface area contributed by atoms with Crippen LogP contribution in [0.4, 0.5) is 0 Å². The second kappa shape index (κ2) is 7.98. The lowest BCUT2D eigenvalue weighted by molar-refractivity contribution is 0.0953. The van der Waals surface area contributed by atoms with Gasteiger partial charge in [0.2, 0.25) is 0 Å². The van der Waals surface area contributed by atoms with Crippen LogP contribution in [0.3, 0.4) is 0 Å². The van der Waals surface area contributed by atoms with Crippen LogP contribution >= 0.6 is 23.2 Å². The Bertz CT molecular complexity index is 1020. The van der Waals surface area contributed by atoms with Crippen LogP contribution in [0.1, 0.15) is 38.7 Å². The van der Waals surface area contributed by atoms with Crippen LogP contribution in [0.15, 0.2) is 39.9 Å². The van der Waals surface area contributed by atoms with Gasteiger partial charge in [-0.25, -0.2) is 10.1 Å². The number of rotatable bonds is 5. The summed E-state index contributed by atoms with van der Waals surface area (Å²) in [4.78, 5) is 12.2. The van der Waals surface area contributed by atoms with Crippen LogP contribution in [0.5, 0.6) is 0 Å². The quantitative estimate of drug-likeness (QED) is 0.501. The first kappa shape index (κ1) is 19.2. The normalized spacial score (nSPS) is 11.3. The van der Waals surface area contributed by atoms with Gasteiger partial charge in [-0.15, -0.1) is 0 Å². The third-order valence-electron chi connectivity index (χ3n) is 4.03. The van der Waals surface area contributed by atoms with Gasteiger partial charge in [0.1, 0.15) is 16.7 Å². The van der Waals surface area contributed by atoms with Gasteiger partial charge in [0.25, 0.3) is 5.91 Å². The minimum absolute atomic E-state index is 0.349. The molecule has 140 valence electrons. The van der Waals surface area contributed by atoms with Crippen LogP contribution < -0.4 is 5.43 Å². The highest BCUT2D eigenvalue weighted by Gasteiger charge is 2.15. The summed E-state index contributed by atoms with van der Waals surface area (Å²) in [5.41, 5.74) is 5.16. The number of hydrogen-bond acceptors (Lipinski definition) is 4. The summed E-state index contributed by atoms with van der Waals surface area (Å²) in [5.74, 6) is 0.862. The lowest BCUT2D eigenvalue weighted by atomic mass is 10.2. The van der Waals surface area contributed by atoms with Crippen molar-refractivity contribution in [1.29, 1.82) is 0 Å². The molecule has 0 saturated carbocycles.